The molecule has 0 atom stereocenters. The van der Waals surface area contributed by atoms with Gasteiger partial charge >= 0.3 is 6.18 Å². The summed E-state index contributed by atoms with van der Waals surface area (Å²) >= 11 is 5.65. The van der Waals surface area contributed by atoms with E-state index >= 15 is 0 Å². The molecule has 0 aliphatic rings. The Kier molecular flexibility index (Phi) is 4.77. The van der Waals surface area contributed by atoms with E-state index in [0.717, 1.165) is 6.07 Å². The minimum Gasteiger partial charge on any atom is -0.373 e. The lowest BCUT2D eigenvalue weighted by Crippen LogP contribution is -2.37. The van der Waals surface area contributed by atoms with E-state index in [0.29, 0.717) is 0 Å². The minimum atomic E-state index is -4.48. The van der Waals surface area contributed by atoms with Gasteiger partial charge in [0.25, 0.3) is 0 Å². The number of carbonyl (C=O) groups excluding carboxylic acids is 1. The average Bonchev–Trinajstić information content (AvgIpc) is 2.25. The molecule has 0 aliphatic carbocycles. The van der Waals surface area contributed by atoms with Crippen molar-refractivity contribution in [2.75, 3.05) is 18.4 Å². The summed E-state index contributed by atoms with van der Waals surface area (Å²) in [5.74, 6) is -1.60. The SMILES string of the molecule is O=C(CNc1c(F)cccc1Cl)NCC(F)(F)F. The lowest BCUT2D eigenvalue weighted by atomic mass is 10.3. The fourth-order valence-corrected chi connectivity index (χ4v) is 1.33. The van der Waals surface area contributed by atoms with Gasteiger partial charge in [0.05, 0.1) is 17.3 Å². The number of hydrogen-bond donors (Lipinski definition) is 2. The molecule has 0 spiro atoms. The van der Waals surface area contributed by atoms with Crippen LogP contribution in [-0.4, -0.2) is 25.2 Å². The molecule has 0 saturated heterocycles. The number of nitrogens with one attached hydrogen (secondary N) is 2. The highest BCUT2D eigenvalue weighted by atomic mass is 35.5. The second-order valence-electron chi connectivity index (χ2n) is 3.34. The van der Waals surface area contributed by atoms with E-state index in [-0.39, 0.29) is 10.7 Å². The van der Waals surface area contributed by atoms with Crippen molar-refractivity contribution in [1.82, 2.24) is 5.32 Å². The maximum atomic E-state index is 13.2. The molecule has 0 bridgehead atoms. The Bertz CT molecular complexity index is 416. The van der Waals surface area contributed by atoms with E-state index in [1.807, 2.05) is 0 Å². The maximum Gasteiger partial charge on any atom is 0.405 e. The first-order chi connectivity index (χ1) is 8.29. The van der Waals surface area contributed by atoms with E-state index in [1.165, 1.54) is 12.1 Å². The van der Waals surface area contributed by atoms with Crippen LogP contribution in [0.4, 0.5) is 23.2 Å². The average molecular weight is 285 g/mol. The van der Waals surface area contributed by atoms with Gasteiger partial charge in [-0.05, 0) is 12.1 Å². The van der Waals surface area contributed by atoms with Gasteiger partial charge in [-0.3, -0.25) is 4.79 Å². The second-order valence-corrected chi connectivity index (χ2v) is 3.75. The summed E-state index contributed by atoms with van der Waals surface area (Å²) in [5, 5.41) is 4.01. The first-order valence-electron chi connectivity index (χ1n) is 4.81. The van der Waals surface area contributed by atoms with Crippen LogP contribution >= 0.6 is 11.6 Å². The van der Waals surface area contributed by atoms with Gasteiger partial charge in [-0.1, -0.05) is 17.7 Å². The third kappa shape index (κ3) is 4.79. The Morgan fingerprint density at radius 1 is 1.33 bits per heavy atom. The van der Waals surface area contributed by atoms with Crippen LogP contribution < -0.4 is 10.6 Å². The van der Waals surface area contributed by atoms with E-state index < -0.39 is 31.0 Å². The van der Waals surface area contributed by atoms with Crippen LogP contribution in [0.25, 0.3) is 0 Å². The van der Waals surface area contributed by atoms with Crippen LogP contribution in [0.15, 0.2) is 18.2 Å². The molecule has 1 rings (SSSR count). The standard InChI is InChI=1S/C10H9ClF4N2O/c11-6-2-1-3-7(12)9(6)16-4-8(18)17-5-10(13,14)15/h1-3,16H,4-5H2,(H,17,18). The predicted molar refractivity (Wildman–Crippen MR) is 59.0 cm³/mol. The number of alkyl halides is 3. The maximum absolute atomic E-state index is 13.2. The van der Waals surface area contributed by atoms with Crippen LogP contribution in [0, 0.1) is 5.82 Å². The molecule has 100 valence electrons. The van der Waals surface area contributed by atoms with E-state index in [9.17, 15) is 22.4 Å². The van der Waals surface area contributed by atoms with Gasteiger partial charge in [0.15, 0.2) is 0 Å². The Morgan fingerprint density at radius 2 is 2.00 bits per heavy atom. The summed E-state index contributed by atoms with van der Waals surface area (Å²) < 4.78 is 48.6. The molecule has 0 saturated carbocycles. The lowest BCUT2D eigenvalue weighted by Gasteiger charge is -2.11. The molecule has 0 aliphatic heterocycles. The number of amides is 1. The summed E-state index contributed by atoms with van der Waals surface area (Å²) in [7, 11) is 0. The van der Waals surface area contributed by atoms with Crippen LogP contribution in [0.5, 0.6) is 0 Å². The molecule has 3 nitrogen and oxygen atoms in total. The molecular formula is C10H9ClF4N2O. The highest BCUT2D eigenvalue weighted by molar-refractivity contribution is 6.33. The number of hydrogen-bond acceptors (Lipinski definition) is 2. The molecule has 2 N–H and O–H groups in total. The molecule has 1 aromatic rings. The zero-order chi connectivity index (χ0) is 13.8. The Labute approximate surface area is 105 Å². The lowest BCUT2D eigenvalue weighted by molar-refractivity contribution is -0.137. The first-order valence-corrected chi connectivity index (χ1v) is 5.19. The van der Waals surface area contributed by atoms with Crippen molar-refractivity contribution in [2.24, 2.45) is 0 Å². The van der Waals surface area contributed by atoms with Crippen molar-refractivity contribution in [2.45, 2.75) is 6.18 Å². The number of benzene rings is 1. The molecule has 0 heterocycles. The molecule has 1 aromatic carbocycles. The summed E-state index contributed by atoms with van der Waals surface area (Å²) in [5.41, 5.74) is -0.124. The van der Waals surface area contributed by atoms with E-state index in [1.54, 1.807) is 5.32 Å². The molecule has 0 unspecified atom stereocenters. The van der Waals surface area contributed by atoms with Gasteiger partial charge in [0, 0.05) is 0 Å². The van der Waals surface area contributed by atoms with Gasteiger partial charge in [-0.25, -0.2) is 4.39 Å². The van der Waals surface area contributed by atoms with Crippen LogP contribution in [0.1, 0.15) is 0 Å². The number of anilines is 1. The third-order valence-corrected chi connectivity index (χ3v) is 2.19. The number of para-hydroxylation sites is 1. The number of rotatable bonds is 4. The third-order valence-electron chi connectivity index (χ3n) is 1.87. The second kappa shape index (κ2) is 5.90. The topological polar surface area (TPSA) is 41.1 Å². The minimum absolute atomic E-state index is 0.0404. The fraction of sp³-hybridized carbons (Fsp3) is 0.300. The summed E-state index contributed by atoms with van der Waals surface area (Å²) in [6, 6.07) is 3.87. The van der Waals surface area contributed by atoms with Crippen molar-refractivity contribution in [1.29, 1.82) is 0 Å². The zero-order valence-corrected chi connectivity index (χ0v) is 9.70. The summed E-state index contributed by atoms with van der Waals surface area (Å²) in [4.78, 5) is 11.0. The van der Waals surface area contributed by atoms with Gasteiger partial charge in [-0.15, -0.1) is 0 Å². The van der Waals surface area contributed by atoms with Gasteiger partial charge in [0.1, 0.15) is 12.4 Å². The molecule has 0 fully saturated rings. The van der Waals surface area contributed by atoms with Crippen molar-refractivity contribution >= 4 is 23.2 Å². The summed E-state index contributed by atoms with van der Waals surface area (Å²) in [6.45, 7) is -1.94. The molecule has 18 heavy (non-hydrogen) atoms. The Balaban J connectivity index is 2.48. The van der Waals surface area contributed by atoms with Crippen molar-refractivity contribution in [3.05, 3.63) is 29.0 Å². The molecular weight excluding hydrogens is 276 g/mol. The van der Waals surface area contributed by atoms with Crippen molar-refractivity contribution < 1.29 is 22.4 Å². The monoisotopic (exact) mass is 284 g/mol. The zero-order valence-electron chi connectivity index (χ0n) is 8.94. The molecule has 1 amide bonds. The fourth-order valence-electron chi connectivity index (χ4n) is 1.10. The molecule has 0 radical (unpaired) electrons. The molecule has 8 heteroatoms. The quantitative estimate of drug-likeness (QED) is 0.835. The largest absolute Gasteiger partial charge is 0.405 e. The normalized spacial score (nSPS) is 11.2. The molecule has 0 aromatic heterocycles. The van der Waals surface area contributed by atoms with Crippen molar-refractivity contribution in [3.63, 3.8) is 0 Å². The van der Waals surface area contributed by atoms with Crippen molar-refractivity contribution in [3.8, 4) is 0 Å². The van der Waals surface area contributed by atoms with Crippen LogP contribution in [0.3, 0.4) is 0 Å². The van der Waals surface area contributed by atoms with E-state index in [4.69, 9.17) is 11.6 Å². The van der Waals surface area contributed by atoms with Crippen LogP contribution in [0.2, 0.25) is 5.02 Å². The highest BCUT2D eigenvalue weighted by Gasteiger charge is 2.27. The first kappa shape index (κ1) is 14.6. The van der Waals surface area contributed by atoms with Crippen LogP contribution in [-0.2, 0) is 4.79 Å². The Morgan fingerprint density at radius 3 is 2.56 bits per heavy atom. The van der Waals surface area contributed by atoms with Gasteiger partial charge in [-0.2, -0.15) is 13.2 Å². The summed E-state index contributed by atoms with van der Waals surface area (Å²) in [6.07, 6.45) is -4.48. The van der Waals surface area contributed by atoms with E-state index in [2.05, 4.69) is 5.32 Å². The number of halogens is 5. The van der Waals surface area contributed by atoms with Gasteiger partial charge in [0.2, 0.25) is 5.91 Å². The van der Waals surface area contributed by atoms with Gasteiger partial charge < -0.3 is 10.6 Å². The highest BCUT2D eigenvalue weighted by Crippen LogP contribution is 2.24. The Hall–Kier alpha value is -1.50. The number of carbonyl (C=O) groups is 1. The smallest absolute Gasteiger partial charge is 0.373 e. The predicted octanol–water partition coefficient (Wildman–Crippen LogP) is 2.57.